The van der Waals surface area contributed by atoms with Crippen molar-refractivity contribution >= 4 is 27.5 Å². The van der Waals surface area contributed by atoms with Crippen LogP contribution in [-0.4, -0.2) is 37.1 Å². The number of hydrogen-bond donors (Lipinski definition) is 2. The minimum absolute atomic E-state index is 0.0145. The van der Waals surface area contributed by atoms with Gasteiger partial charge in [0.05, 0.1) is 41.2 Å². The molecule has 4 aliphatic rings. The van der Waals surface area contributed by atoms with Crippen LogP contribution < -0.4 is 16.0 Å². The van der Waals surface area contributed by atoms with Gasteiger partial charge in [0.15, 0.2) is 0 Å². The fraction of sp³-hybridized carbons (Fsp3) is 0.423. The lowest BCUT2D eigenvalue weighted by Gasteiger charge is -2.62. The van der Waals surface area contributed by atoms with Crippen LogP contribution >= 0.6 is 0 Å². The first-order valence-electron chi connectivity index (χ1n) is 11.9. The Kier molecular flexibility index (Phi) is 3.76. The molecule has 4 fully saturated rings. The number of rotatable bonds is 4. The van der Waals surface area contributed by atoms with Gasteiger partial charge in [-0.05, 0) is 63.1 Å². The quantitative estimate of drug-likeness (QED) is 0.485. The van der Waals surface area contributed by atoms with Crippen molar-refractivity contribution in [2.75, 3.05) is 12.8 Å². The van der Waals surface area contributed by atoms with Crippen LogP contribution in [-0.2, 0) is 5.54 Å². The van der Waals surface area contributed by atoms with Crippen LogP contribution in [0.25, 0.3) is 32.9 Å². The number of anilines is 1. The molecule has 0 unspecified atom stereocenters. The summed E-state index contributed by atoms with van der Waals surface area (Å²) >= 11 is 0. The number of nitrogens with two attached hydrogens (primary N) is 1. The van der Waals surface area contributed by atoms with Crippen LogP contribution in [0.4, 0.5) is 5.82 Å². The Labute approximate surface area is 196 Å². The first-order chi connectivity index (χ1) is 16.3. The number of benzene rings is 1. The molecule has 0 amide bonds. The van der Waals surface area contributed by atoms with Crippen molar-refractivity contribution in [2.45, 2.75) is 56.2 Å². The first kappa shape index (κ1) is 20.0. The molecule has 8 heteroatoms. The van der Waals surface area contributed by atoms with Gasteiger partial charge in [0.1, 0.15) is 17.3 Å². The van der Waals surface area contributed by atoms with Crippen molar-refractivity contribution in [1.29, 1.82) is 0 Å². The lowest BCUT2D eigenvalue weighted by atomic mass is 9.49. The van der Waals surface area contributed by atoms with Crippen molar-refractivity contribution in [1.82, 2.24) is 19.3 Å². The van der Waals surface area contributed by atoms with Gasteiger partial charge < -0.3 is 20.1 Å². The molecule has 4 aliphatic carbocycles. The van der Waals surface area contributed by atoms with Gasteiger partial charge in [-0.15, -0.1) is 0 Å². The van der Waals surface area contributed by atoms with Gasteiger partial charge in [-0.2, -0.15) is 5.10 Å². The highest BCUT2D eigenvalue weighted by Crippen LogP contribution is 2.62. The highest BCUT2D eigenvalue weighted by atomic mass is 16.5. The summed E-state index contributed by atoms with van der Waals surface area (Å²) in [6.45, 7) is 1.85. The number of nitrogens with zero attached hydrogens (tertiary/aromatic N) is 4. The van der Waals surface area contributed by atoms with Gasteiger partial charge in [-0.1, -0.05) is 6.07 Å². The lowest BCUT2D eigenvalue weighted by molar-refractivity contribution is -0.0913. The zero-order valence-corrected chi connectivity index (χ0v) is 19.3. The third-order valence-electron chi connectivity index (χ3n) is 8.34. The van der Waals surface area contributed by atoms with Gasteiger partial charge in [-0.25, -0.2) is 4.98 Å². The summed E-state index contributed by atoms with van der Waals surface area (Å²) in [5.74, 6) is 1.87. The first-order valence-corrected chi connectivity index (χ1v) is 11.9. The number of pyridine rings is 2. The Balaban J connectivity index is 1.43. The topological polar surface area (TPSA) is 108 Å². The van der Waals surface area contributed by atoms with Crippen LogP contribution in [0.2, 0.25) is 0 Å². The van der Waals surface area contributed by atoms with Crippen LogP contribution in [0.5, 0.6) is 5.75 Å². The minimum atomic E-state index is -0.673. The molecule has 3 N–H and O–H groups in total. The molecule has 0 radical (unpaired) electrons. The standard InChI is InChI=1S/C26H27N5O3/c1-25(33)11-16(12-25)31-19-5-6-28-23(27)21(19)22(29-31)15-3-4-17-18(7-15)24(32)30(13-20(17)34-2)26-8-14(9-26)10-26/h3-7,13-14,16,33H,8-12H2,1-2H3,(H2,27,28). The molecule has 4 aromatic rings. The second-order valence-electron chi connectivity index (χ2n) is 10.8. The molecule has 3 aromatic heterocycles. The van der Waals surface area contributed by atoms with E-state index in [1.54, 1.807) is 13.3 Å². The van der Waals surface area contributed by atoms with Crippen molar-refractivity contribution in [3.63, 3.8) is 0 Å². The molecular weight excluding hydrogens is 430 g/mol. The average Bonchev–Trinajstić information content (AvgIpc) is 3.12. The van der Waals surface area contributed by atoms with E-state index in [9.17, 15) is 9.90 Å². The predicted molar refractivity (Wildman–Crippen MR) is 130 cm³/mol. The van der Waals surface area contributed by atoms with Crippen LogP contribution in [0, 0.1) is 5.92 Å². The predicted octanol–water partition coefficient (Wildman–Crippen LogP) is 3.60. The third-order valence-corrected chi connectivity index (χ3v) is 8.34. The number of fused-ring (bicyclic) bond motifs is 2. The molecular formula is C26H27N5O3. The Morgan fingerprint density at radius 1 is 1.15 bits per heavy atom. The maximum atomic E-state index is 13.6. The summed E-state index contributed by atoms with van der Waals surface area (Å²) in [4.78, 5) is 17.9. The lowest BCUT2D eigenvalue weighted by Crippen LogP contribution is -2.61. The van der Waals surface area contributed by atoms with Crippen LogP contribution in [0.15, 0.2) is 41.5 Å². The minimum Gasteiger partial charge on any atom is -0.495 e. The fourth-order valence-corrected chi connectivity index (χ4v) is 6.42. The molecule has 1 aromatic carbocycles. The molecule has 0 aliphatic heterocycles. The van der Waals surface area contributed by atoms with Gasteiger partial charge in [0, 0.05) is 22.7 Å². The van der Waals surface area contributed by atoms with Crippen molar-refractivity contribution in [2.24, 2.45) is 5.92 Å². The third kappa shape index (κ3) is 2.54. The number of methoxy groups -OCH3 is 1. The van der Waals surface area contributed by atoms with Crippen molar-refractivity contribution < 1.29 is 9.84 Å². The number of hydrogen-bond acceptors (Lipinski definition) is 6. The van der Waals surface area contributed by atoms with Gasteiger partial charge >= 0.3 is 0 Å². The molecule has 34 heavy (non-hydrogen) atoms. The smallest absolute Gasteiger partial charge is 0.259 e. The van der Waals surface area contributed by atoms with E-state index < -0.39 is 5.60 Å². The van der Waals surface area contributed by atoms with Gasteiger partial charge in [0.2, 0.25) is 0 Å². The average molecular weight is 458 g/mol. The molecule has 8 nitrogen and oxygen atoms in total. The maximum Gasteiger partial charge on any atom is 0.259 e. The molecule has 0 atom stereocenters. The van der Waals surface area contributed by atoms with E-state index in [1.165, 1.54) is 0 Å². The summed E-state index contributed by atoms with van der Waals surface area (Å²) in [7, 11) is 1.65. The molecule has 0 spiro atoms. The number of aliphatic hydroxyl groups is 1. The van der Waals surface area contributed by atoms with Crippen LogP contribution in [0.1, 0.15) is 45.1 Å². The molecule has 0 saturated heterocycles. The number of aromatic nitrogens is 4. The van der Waals surface area contributed by atoms with Gasteiger partial charge in [-0.3, -0.25) is 9.48 Å². The summed E-state index contributed by atoms with van der Waals surface area (Å²) in [6, 6.07) is 7.82. The van der Waals surface area contributed by atoms with Crippen LogP contribution in [0.3, 0.4) is 0 Å². The number of ether oxygens (including phenoxy) is 1. The Morgan fingerprint density at radius 3 is 2.56 bits per heavy atom. The Bertz CT molecular complexity index is 1540. The van der Waals surface area contributed by atoms with E-state index in [0.717, 1.165) is 47.0 Å². The zero-order valence-electron chi connectivity index (χ0n) is 19.3. The van der Waals surface area contributed by atoms with Gasteiger partial charge in [0.25, 0.3) is 5.56 Å². The SMILES string of the molecule is COc1cn(C23CC(C2)C3)c(=O)c2cc(-c3nn(C4CC(C)(O)C4)c4ccnc(N)c34)ccc12. The number of nitrogen functional groups attached to an aromatic ring is 1. The monoisotopic (exact) mass is 457 g/mol. The highest BCUT2D eigenvalue weighted by molar-refractivity contribution is 6.02. The summed E-state index contributed by atoms with van der Waals surface area (Å²) < 4.78 is 9.54. The second-order valence-corrected chi connectivity index (χ2v) is 10.8. The molecule has 3 heterocycles. The summed E-state index contributed by atoms with van der Waals surface area (Å²) in [5.41, 5.74) is 8.03. The summed E-state index contributed by atoms with van der Waals surface area (Å²) in [6.07, 6.45) is 8.05. The largest absolute Gasteiger partial charge is 0.495 e. The fourth-order valence-electron chi connectivity index (χ4n) is 6.42. The summed E-state index contributed by atoms with van der Waals surface area (Å²) in [5, 5.41) is 17.4. The Morgan fingerprint density at radius 2 is 1.91 bits per heavy atom. The molecule has 8 rings (SSSR count). The molecule has 174 valence electrons. The highest BCUT2D eigenvalue weighted by Gasteiger charge is 2.58. The Hall–Kier alpha value is -3.39. The van der Waals surface area contributed by atoms with Crippen molar-refractivity contribution in [3.05, 3.63) is 47.0 Å². The molecule has 4 saturated carbocycles. The zero-order chi connectivity index (χ0) is 23.4. The second kappa shape index (κ2) is 6.39. The van der Waals surface area contributed by atoms with E-state index in [-0.39, 0.29) is 17.1 Å². The normalized spacial score (nSPS) is 29.5. The van der Waals surface area contributed by atoms with E-state index >= 15 is 0 Å². The maximum absolute atomic E-state index is 13.6. The van der Waals surface area contributed by atoms with E-state index in [2.05, 4.69) is 4.98 Å². The van der Waals surface area contributed by atoms with E-state index in [4.69, 9.17) is 15.6 Å². The van der Waals surface area contributed by atoms with E-state index in [1.807, 2.05) is 46.6 Å². The van der Waals surface area contributed by atoms with E-state index in [0.29, 0.717) is 35.5 Å². The van der Waals surface area contributed by atoms with Crippen molar-refractivity contribution in [3.8, 4) is 17.0 Å². The molecule has 2 bridgehead atoms.